The molecular formula is C12H19O5-. The highest BCUT2D eigenvalue weighted by Gasteiger charge is 2.22. The first kappa shape index (κ1) is 14.0. The maximum absolute atomic E-state index is 11.4. The van der Waals surface area contributed by atoms with Crippen molar-refractivity contribution in [3.63, 3.8) is 0 Å². The topological polar surface area (TPSA) is 86.7 Å². The van der Waals surface area contributed by atoms with Gasteiger partial charge in [0.15, 0.2) is 0 Å². The summed E-state index contributed by atoms with van der Waals surface area (Å²) in [7, 11) is 0. The van der Waals surface area contributed by atoms with Gasteiger partial charge in [0.1, 0.15) is 6.10 Å². The van der Waals surface area contributed by atoms with Crippen LogP contribution < -0.4 is 5.11 Å². The molecule has 1 N–H and O–H groups in total. The number of carbonyl (C=O) groups excluding carboxylic acids is 2. The van der Waals surface area contributed by atoms with Gasteiger partial charge in [0, 0.05) is 12.4 Å². The number of aliphatic hydroxyl groups is 1. The Hall–Kier alpha value is -1.10. The first-order chi connectivity index (χ1) is 8.08. The van der Waals surface area contributed by atoms with E-state index < -0.39 is 5.97 Å². The van der Waals surface area contributed by atoms with E-state index in [1.165, 1.54) is 0 Å². The lowest BCUT2D eigenvalue weighted by atomic mass is 9.95. The summed E-state index contributed by atoms with van der Waals surface area (Å²) >= 11 is 0. The van der Waals surface area contributed by atoms with Gasteiger partial charge in [-0.25, -0.2) is 0 Å². The molecule has 0 saturated heterocycles. The highest BCUT2D eigenvalue weighted by molar-refractivity contribution is 5.69. The van der Waals surface area contributed by atoms with E-state index in [2.05, 4.69) is 0 Å². The number of carboxylic acids is 1. The summed E-state index contributed by atoms with van der Waals surface area (Å²) in [5.74, 6) is -1.36. The Balaban J connectivity index is 2.06. The Labute approximate surface area is 101 Å². The molecule has 0 aromatic carbocycles. The standard InChI is InChI=1S/C12H20O5/c13-9-5-7-10(8-6-9)17-12(16)4-2-1-3-11(14)15/h9-10,13H,1-8H2,(H,14,15)/p-1. The fourth-order valence-electron chi connectivity index (χ4n) is 1.95. The van der Waals surface area contributed by atoms with Crippen LogP contribution in [0.3, 0.4) is 0 Å². The highest BCUT2D eigenvalue weighted by Crippen LogP contribution is 2.21. The molecule has 0 atom stereocenters. The molecule has 5 nitrogen and oxygen atoms in total. The van der Waals surface area contributed by atoms with Gasteiger partial charge in [-0.2, -0.15) is 0 Å². The van der Waals surface area contributed by atoms with Gasteiger partial charge in [-0.1, -0.05) is 0 Å². The average Bonchev–Trinajstić information content (AvgIpc) is 2.27. The van der Waals surface area contributed by atoms with Crippen molar-refractivity contribution in [1.29, 1.82) is 0 Å². The molecule has 1 fully saturated rings. The van der Waals surface area contributed by atoms with Crippen LogP contribution in [0.1, 0.15) is 51.4 Å². The Bertz CT molecular complexity index is 256. The second-order valence-electron chi connectivity index (χ2n) is 4.50. The van der Waals surface area contributed by atoms with Crippen LogP contribution in [0.5, 0.6) is 0 Å². The molecule has 0 spiro atoms. The van der Waals surface area contributed by atoms with Gasteiger partial charge in [-0.15, -0.1) is 0 Å². The summed E-state index contributed by atoms with van der Waals surface area (Å²) in [5.41, 5.74) is 0. The third kappa shape index (κ3) is 6.26. The monoisotopic (exact) mass is 243 g/mol. The van der Waals surface area contributed by atoms with Crippen LogP contribution in [0.2, 0.25) is 0 Å². The van der Waals surface area contributed by atoms with Crippen LogP contribution in [0.25, 0.3) is 0 Å². The van der Waals surface area contributed by atoms with Crippen molar-refractivity contribution in [3.8, 4) is 0 Å². The molecule has 0 radical (unpaired) electrons. The van der Waals surface area contributed by atoms with Crippen molar-refractivity contribution in [2.75, 3.05) is 0 Å². The van der Waals surface area contributed by atoms with E-state index in [4.69, 9.17) is 4.74 Å². The van der Waals surface area contributed by atoms with E-state index in [1.54, 1.807) is 0 Å². The Kier molecular flexibility index (Phi) is 5.97. The number of aliphatic carboxylic acids is 1. The molecule has 17 heavy (non-hydrogen) atoms. The lowest BCUT2D eigenvalue weighted by Crippen LogP contribution is -2.26. The van der Waals surface area contributed by atoms with E-state index in [0.717, 1.165) is 0 Å². The first-order valence-electron chi connectivity index (χ1n) is 6.15. The normalized spacial score (nSPS) is 24.3. The summed E-state index contributed by atoms with van der Waals surface area (Å²) < 4.78 is 5.23. The van der Waals surface area contributed by atoms with Crippen molar-refractivity contribution >= 4 is 11.9 Å². The quantitative estimate of drug-likeness (QED) is 0.530. The zero-order valence-corrected chi connectivity index (χ0v) is 9.89. The molecule has 0 bridgehead atoms. The summed E-state index contributed by atoms with van der Waals surface area (Å²) in [6, 6.07) is 0. The van der Waals surface area contributed by atoms with E-state index in [9.17, 15) is 19.8 Å². The van der Waals surface area contributed by atoms with Gasteiger partial charge in [0.2, 0.25) is 0 Å². The van der Waals surface area contributed by atoms with Crippen LogP contribution in [0.4, 0.5) is 0 Å². The minimum atomic E-state index is -1.08. The number of hydrogen-bond donors (Lipinski definition) is 1. The second-order valence-corrected chi connectivity index (χ2v) is 4.50. The van der Waals surface area contributed by atoms with Crippen molar-refractivity contribution in [1.82, 2.24) is 0 Å². The maximum atomic E-state index is 11.4. The van der Waals surface area contributed by atoms with Gasteiger partial charge in [0.05, 0.1) is 6.10 Å². The van der Waals surface area contributed by atoms with Gasteiger partial charge < -0.3 is 19.7 Å². The van der Waals surface area contributed by atoms with Crippen molar-refractivity contribution in [2.45, 2.75) is 63.6 Å². The molecule has 5 heteroatoms. The molecule has 1 aliphatic rings. The van der Waals surface area contributed by atoms with Gasteiger partial charge in [-0.3, -0.25) is 4.79 Å². The molecule has 0 aromatic rings. The van der Waals surface area contributed by atoms with E-state index in [-0.39, 0.29) is 31.0 Å². The number of carboxylic acid groups (broad SMARTS) is 1. The maximum Gasteiger partial charge on any atom is 0.306 e. The largest absolute Gasteiger partial charge is 0.550 e. The van der Waals surface area contributed by atoms with Crippen molar-refractivity contribution in [3.05, 3.63) is 0 Å². The summed E-state index contributed by atoms with van der Waals surface area (Å²) in [5, 5.41) is 19.4. The van der Waals surface area contributed by atoms with E-state index in [1.807, 2.05) is 0 Å². The van der Waals surface area contributed by atoms with Gasteiger partial charge in [-0.05, 0) is 44.9 Å². The number of carbonyl (C=O) groups is 2. The average molecular weight is 243 g/mol. The number of rotatable bonds is 6. The van der Waals surface area contributed by atoms with Crippen molar-refractivity contribution in [2.24, 2.45) is 0 Å². The number of aliphatic hydroxyl groups excluding tert-OH is 1. The Morgan fingerprint density at radius 2 is 1.71 bits per heavy atom. The molecule has 0 unspecified atom stereocenters. The lowest BCUT2D eigenvalue weighted by Gasteiger charge is -2.25. The molecule has 1 saturated carbocycles. The predicted molar refractivity (Wildman–Crippen MR) is 57.8 cm³/mol. The fourth-order valence-corrected chi connectivity index (χ4v) is 1.95. The minimum Gasteiger partial charge on any atom is -0.550 e. The van der Waals surface area contributed by atoms with Gasteiger partial charge >= 0.3 is 5.97 Å². The second kappa shape index (κ2) is 7.27. The SMILES string of the molecule is O=C([O-])CCCCC(=O)OC1CCC(O)CC1. The highest BCUT2D eigenvalue weighted by atomic mass is 16.5. The van der Waals surface area contributed by atoms with Gasteiger partial charge in [0.25, 0.3) is 0 Å². The third-order valence-corrected chi connectivity index (χ3v) is 2.95. The summed E-state index contributed by atoms with van der Waals surface area (Å²) in [6.07, 6.45) is 3.67. The third-order valence-electron chi connectivity index (χ3n) is 2.95. The Morgan fingerprint density at radius 1 is 1.12 bits per heavy atom. The molecule has 1 rings (SSSR count). The fraction of sp³-hybridized carbons (Fsp3) is 0.833. The first-order valence-corrected chi connectivity index (χ1v) is 6.15. The van der Waals surface area contributed by atoms with Crippen molar-refractivity contribution < 1.29 is 24.5 Å². The molecule has 0 heterocycles. The van der Waals surface area contributed by atoms with Crippen LogP contribution >= 0.6 is 0 Å². The zero-order valence-electron chi connectivity index (χ0n) is 9.89. The number of ether oxygens (including phenoxy) is 1. The smallest absolute Gasteiger partial charge is 0.306 e. The summed E-state index contributed by atoms with van der Waals surface area (Å²) in [4.78, 5) is 21.5. The summed E-state index contributed by atoms with van der Waals surface area (Å²) in [6.45, 7) is 0. The van der Waals surface area contributed by atoms with Crippen LogP contribution in [-0.4, -0.2) is 29.3 Å². The number of hydrogen-bond acceptors (Lipinski definition) is 5. The minimum absolute atomic E-state index is 0.0110. The number of unbranched alkanes of at least 4 members (excludes halogenated alkanes) is 1. The van der Waals surface area contributed by atoms with E-state index >= 15 is 0 Å². The Morgan fingerprint density at radius 3 is 2.29 bits per heavy atom. The molecule has 98 valence electrons. The lowest BCUT2D eigenvalue weighted by molar-refractivity contribution is -0.305. The molecular weight excluding hydrogens is 224 g/mol. The van der Waals surface area contributed by atoms with E-state index in [0.29, 0.717) is 38.5 Å². The predicted octanol–water partition coefficient (Wildman–Crippen LogP) is 0.143. The number of esters is 1. The molecule has 0 aliphatic heterocycles. The van der Waals surface area contributed by atoms with Crippen LogP contribution in [-0.2, 0) is 14.3 Å². The molecule has 1 aliphatic carbocycles. The molecule has 0 amide bonds. The van der Waals surface area contributed by atoms with Crippen LogP contribution in [0, 0.1) is 0 Å². The molecule has 0 aromatic heterocycles. The van der Waals surface area contributed by atoms with Crippen LogP contribution in [0.15, 0.2) is 0 Å². The zero-order chi connectivity index (χ0) is 12.7.